The van der Waals surface area contributed by atoms with Gasteiger partial charge in [0, 0.05) is 17.5 Å². The normalized spacial score (nSPS) is 15.6. The fraction of sp³-hybridized carbons (Fsp3) is 0.435. The zero-order valence-corrected chi connectivity index (χ0v) is 17.7. The molecule has 3 aromatic rings. The van der Waals surface area contributed by atoms with Crippen LogP contribution in [-0.2, 0) is 24.0 Å². The maximum absolute atomic E-state index is 5.79. The molecular weight excluding hydrogens is 366 g/mol. The molecule has 3 heterocycles. The Morgan fingerprint density at radius 1 is 1.14 bits per heavy atom. The lowest BCUT2D eigenvalue weighted by atomic mass is 9.93. The first kappa shape index (κ1) is 19.6. The van der Waals surface area contributed by atoms with Crippen molar-refractivity contribution < 1.29 is 14.0 Å². The lowest BCUT2D eigenvalue weighted by molar-refractivity contribution is 0.399. The molecule has 0 amide bonds. The molecule has 1 aromatic carbocycles. The Hall–Kier alpha value is -2.73. The topological polar surface area (TPSA) is 73.6 Å². The Morgan fingerprint density at radius 3 is 2.55 bits per heavy atom. The number of methoxy groups -OCH3 is 1. The van der Waals surface area contributed by atoms with Crippen molar-refractivity contribution in [1.82, 2.24) is 15.1 Å². The molecule has 1 saturated heterocycles. The molecule has 6 nitrogen and oxygen atoms in total. The van der Waals surface area contributed by atoms with E-state index in [1.54, 1.807) is 7.11 Å². The van der Waals surface area contributed by atoms with Crippen LogP contribution < -0.4 is 4.74 Å². The van der Waals surface area contributed by atoms with E-state index < -0.39 is 0 Å². The molecule has 1 aliphatic rings. The zero-order chi connectivity index (χ0) is 20.5. The molecule has 0 saturated carbocycles. The number of pyridine rings is 1. The second kappa shape index (κ2) is 7.95. The monoisotopic (exact) mass is 393 g/mol. The van der Waals surface area contributed by atoms with Gasteiger partial charge in [0.2, 0.25) is 5.82 Å². The van der Waals surface area contributed by atoms with E-state index in [4.69, 9.17) is 14.0 Å². The fourth-order valence-electron chi connectivity index (χ4n) is 4.03. The Balaban J connectivity index is 1.78. The molecular formula is C23H27N3O3. The number of nitrogens with zero attached hydrogens (tertiary/aromatic N) is 3. The third-order valence-electron chi connectivity index (χ3n) is 5.53. The van der Waals surface area contributed by atoms with Crippen LogP contribution in [0.15, 0.2) is 22.9 Å². The standard InChI is InChI=1S/C23H27N3O3/c1-6-14-10-15(11-24-18(14)8-3)23-25-22(26-29-23)17-9-13(4)20(19-12-28-19)16(7-2)21(17)27-5/h9-11,19H,6-8,12H2,1-5H3. The Bertz CT molecular complexity index is 1040. The van der Waals surface area contributed by atoms with Gasteiger partial charge in [-0.05, 0) is 55.0 Å². The maximum atomic E-state index is 5.79. The average Bonchev–Trinajstić information content (AvgIpc) is 3.47. The molecule has 1 atom stereocenters. The van der Waals surface area contributed by atoms with Gasteiger partial charge in [-0.3, -0.25) is 4.98 Å². The lowest BCUT2D eigenvalue weighted by Crippen LogP contribution is -2.02. The van der Waals surface area contributed by atoms with Crippen LogP contribution in [-0.4, -0.2) is 28.8 Å². The number of aromatic nitrogens is 3. The molecule has 152 valence electrons. The number of benzene rings is 1. The number of hydrogen-bond acceptors (Lipinski definition) is 6. The van der Waals surface area contributed by atoms with Gasteiger partial charge in [-0.2, -0.15) is 4.98 Å². The van der Waals surface area contributed by atoms with Crippen LogP contribution in [0.1, 0.15) is 54.8 Å². The van der Waals surface area contributed by atoms with E-state index in [9.17, 15) is 0 Å². The SMILES string of the molecule is CCc1cc(-c2nc(-c3cc(C)c(C4CO4)c(CC)c3OC)no2)cnc1CC. The molecule has 0 spiro atoms. The van der Waals surface area contributed by atoms with Crippen molar-refractivity contribution in [1.29, 1.82) is 0 Å². The van der Waals surface area contributed by atoms with E-state index in [0.29, 0.717) is 11.7 Å². The van der Waals surface area contributed by atoms with Gasteiger partial charge >= 0.3 is 0 Å². The molecule has 0 bridgehead atoms. The minimum absolute atomic E-state index is 0.171. The first-order valence-corrected chi connectivity index (χ1v) is 10.2. The fourth-order valence-corrected chi connectivity index (χ4v) is 4.03. The molecule has 6 heteroatoms. The van der Waals surface area contributed by atoms with Gasteiger partial charge < -0.3 is 14.0 Å². The lowest BCUT2D eigenvalue weighted by Gasteiger charge is -2.17. The summed E-state index contributed by atoms with van der Waals surface area (Å²) >= 11 is 0. The first-order valence-electron chi connectivity index (χ1n) is 10.2. The van der Waals surface area contributed by atoms with Crippen molar-refractivity contribution in [3.8, 4) is 28.6 Å². The molecule has 1 fully saturated rings. The predicted octanol–water partition coefficient (Wildman–Crippen LogP) is 4.87. The van der Waals surface area contributed by atoms with Crippen molar-refractivity contribution in [2.24, 2.45) is 0 Å². The van der Waals surface area contributed by atoms with Crippen molar-refractivity contribution in [3.05, 3.63) is 46.3 Å². The predicted molar refractivity (Wildman–Crippen MR) is 111 cm³/mol. The smallest absolute Gasteiger partial charge is 0.259 e. The van der Waals surface area contributed by atoms with E-state index in [0.717, 1.165) is 59.6 Å². The summed E-state index contributed by atoms with van der Waals surface area (Å²) in [6, 6.07) is 4.16. The molecule has 2 aromatic heterocycles. The largest absolute Gasteiger partial charge is 0.496 e. The summed E-state index contributed by atoms with van der Waals surface area (Å²) in [6.07, 6.45) is 4.65. The van der Waals surface area contributed by atoms with Gasteiger partial charge in [0.25, 0.3) is 5.89 Å². The number of ether oxygens (including phenoxy) is 2. The van der Waals surface area contributed by atoms with Gasteiger partial charge in [-0.15, -0.1) is 0 Å². The van der Waals surface area contributed by atoms with Crippen molar-refractivity contribution >= 4 is 0 Å². The van der Waals surface area contributed by atoms with Crippen LogP contribution in [0.5, 0.6) is 5.75 Å². The van der Waals surface area contributed by atoms with Crippen LogP contribution in [0.25, 0.3) is 22.8 Å². The minimum atomic E-state index is 0.171. The highest BCUT2D eigenvalue weighted by Gasteiger charge is 2.32. The number of rotatable bonds is 7. The second-order valence-corrected chi connectivity index (χ2v) is 7.30. The quantitative estimate of drug-likeness (QED) is 0.533. The van der Waals surface area contributed by atoms with Crippen LogP contribution in [0.2, 0.25) is 0 Å². The Kier molecular flexibility index (Phi) is 5.37. The highest BCUT2D eigenvalue weighted by molar-refractivity contribution is 5.71. The maximum Gasteiger partial charge on any atom is 0.259 e. The Morgan fingerprint density at radius 2 is 1.93 bits per heavy atom. The van der Waals surface area contributed by atoms with Crippen LogP contribution >= 0.6 is 0 Å². The van der Waals surface area contributed by atoms with E-state index in [1.165, 1.54) is 11.1 Å². The molecule has 0 aliphatic carbocycles. The molecule has 0 N–H and O–H groups in total. The van der Waals surface area contributed by atoms with Gasteiger partial charge in [0.15, 0.2) is 0 Å². The highest BCUT2D eigenvalue weighted by Crippen LogP contribution is 2.43. The van der Waals surface area contributed by atoms with E-state index in [1.807, 2.05) is 6.20 Å². The molecule has 0 radical (unpaired) electrons. The number of aryl methyl sites for hydroxylation is 3. The molecule has 4 rings (SSSR count). The van der Waals surface area contributed by atoms with Gasteiger partial charge in [0.05, 0.1) is 24.8 Å². The summed E-state index contributed by atoms with van der Waals surface area (Å²) in [5.41, 5.74) is 7.54. The molecule has 1 aliphatic heterocycles. The van der Waals surface area contributed by atoms with Crippen LogP contribution in [0, 0.1) is 6.92 Å². The summed E-state index contributed by atoms with van der Waals surface area (Å²) in [7, 11) is 1.69. The number of epoxide rings is 1. The number of hydrogen-bond donors (Lipinski definition) is 0. The third kappa shape index (κ3) is 3.53. The summed E-state index contributed by atoms with van der Waals surface area (Å²) in [5, 5.41) is 4.25. The second-order valence-electron chi connectivity index (χ2n) is 7.30. The highest BCUT2D eigenvalue weighted by atomic mass is 16.6. The summed E-state index contributed by atoms with van der Waals surface area (Å²) in [6.45, 7) is 9.23. The first-order chi connectivity index (χ1) is 14.1. The van der Waals surface area contributed by atoms with E-state index >= 15 is 0 Å². The van der Waals surface area contributed by atoms with Gasteiger partial charge in [-0.1, -0.05) is 25.9 Å². The van der Waals surface area contributed by atoms with E-state index in [-0.39, 0.29) is 6.10 Å². The van der Waals surface area contributed by atoms with Crippen molar-refractivity contribution in [2.45, 2.75) is 53.1 Å². The minimum Gasteiger partial charge on any atom is -0.496 e. The van der Waals surface area contributed by atoms with Crippen LogP contribution in [0.3, 0.4) is 0 Å². The Labute approximate surface area is 171 Å². The third-order valence-corrected chi connectivity index (χ3v) is 5.53. The summed E-state index contributed by atoms with van der Waals surface area (Å²) in [4.78, 5) is 9.24. The summed E-state index contributed by atoms with van der Waals surface area (Å²) < 4.78 is 16.9. The molecule has 29 heavy (non-hydrogen) atoms. The molecule has 1 unspecified atom stereocenters. The summed E-state index contributed by atoms with van der Waals surface area (Å²) in [5.74, 6) is 1.79. The average molecular weight is 393 g/mol. The van der Waals surface area contributed by atoms with Gasteiger partial charge in [0.1, 0.15) is 11.9 Å². The van der Waals surface area contributed by atoms with Crippen molar-refractivity contribution in [2.75, 3.05) is 13.7 Å². The van der Waals surface area contributed by atoms with Crippen molar-refractivity contribution in [3.63, 3.8) is 0 Å². The van der Waals surface area contributed by atoms with Crippen LogP contribution in [0.4, 0.5) is 0 Å². The zero-order valence-electron chi connectivity index (χ0n) is 17.7. The van der Waals surface area contributed by atoms with E-state index in [2.05, 4.69) is 55.0 Å². The van der Waals surface area contributed by atoms with Gasteiger partial charge in [-0.25, -0.2) is 0 Å².